The second kappa shape index (κ2) is 5.84. The number of hydrogen-bond acceptors (Lipinski definition) is 6. The summed E-state index contributed by atoms with van der Waals surface area (Å²) < 4.78 is 27.8. The summed E-state index contributed by atoms with van der Waals surface area (Å²) in [6.45, 7) is 4.94. The summed E-state index contributed by atoms with van der Waals surface area (Å²) >= 11 is 0.910. The Morgan fingerprint density at radius 2 is 2.12 bits per heavy atom. The number of aromatic amines is 1. The average Bonchev–Trinajstić information content (AvgIpc) is 3.16. The standard InChI is InChI=1S/C16H16N4O3S2/c1-9-4-5-11(14-13(9)10(6-17)7-18-14)20-25(22,23)12-8-19-15(24-12)16(2,3)21/h4-5,7-8,18,20-21H,1-3H3. The molecule has 0 fully saturated rings. The highest BCUT2D eigenvalue weighted by molar-refractivity contribution is 7.94. The van der Waals surface area contributed by atoms with E-state index in [0.717, 1.165) is 16.9 Å². The number of thiazole rings is 1. The predicted octanol–water partition coefficient (Wildman–Crippen LogP) is 2.83. The van der Waals surface area contributed by atoms with E-state index in [9.17, 15) is 18.8 Å². The lowest BCUT2D eigenvalue weighted by atomic mass is 10.1. The molecule has 0 saturated carbocycles. The third-order valence-electron chi connectivity index (χ3n) is 3.68. The van der Waals surface area contributed by atoms with Crippen LogP contribution in [-0.2, 0) is 15.6 Å². The topological polar surface area (TPSA) is 119 Å². The molecule has 3 aromatic rings. The van der Waals surface area contributed by atoms with Crippen LogP contribution in [0.4, 0.5) is 5.69 Å². The van der Waals surface area contributed by atoms with E-state index in [1.54, 1.807) is 32.2 Å². The van der Waals surface area contributed by atoms with Crippen LogP contribution in [-0.4, -0.2) is 23.5 Å². The number of benzene rings is 1. The lowest BCUT2D eigenvalue weighted by molar-refractivity contribution is 0.0783. The summed E-state index contributed by atoms with van der Waals surface area (Å²) in [6, 6.07) is 5.49. The van der Waals surface area contributed by atoms with E-state index in [2.05, 4.69) is 20.8 Å². The van der Waals surface area contributed by atoms with Gasteiger partial charge in [-0.05, 0) is 32.4 Å². The van der Waals surface area contributed by atoms with Gasteiger partial charge in [-0.1, -0.05) is 6.07 Å². The minimum absolute atomic E-state index is 0.00501. The number of aromatic nitrogens is 2. The van der Waals surface area contributed by atoms with E-state index in [1.165, 1.54) is 6.20 Å². The summed E-state index contributed by atoms with van der Waals surface area (Å²) in [7, 11) is -3.86. The number of nitriles is 1. The van der Waals surface area contributed by atoms with Crippen molar-refractivity contribution >= 4 is 38.0 Å². The van der Waals surface area contributed by atoms with Gasteiger partial charge in [-0.3, -0.25) is 4.72 Å². The number of fused-ring (bicyclic) bond motifs is 1. The quantitative estimate of drug-likeness (QED) is 0.647. The van der Waals surface area contributed by atoms with Crippen LogP contribution >= 0.6 is 11.3 Å². The first-order valence-corrected chi connectivity index (χ1v) is 9.66. The second-order valence-electron chi connectivity index (χ2n) is 6.14. The monoisotopic (exact) mass is 376 g/mol. The van der Waals surface area contributed by atoms with E-state index < -0.39 is 15.6 Å². The third kappa shape index (κ3) is 3.11. The molecule has 2 aromatic heterocycles. The van der Waals surface area contributed by atoms with Crippen molar-refractivity contribution in [1.82, 2.24) is 9.97 Å². The van der Waals surface area contributed by atoms with Crippen LogP contribution in [0, 0.1) is 18.3 Å². The highest BCUT2D eigenvalue weighted by atomic mass is 32.2. The minimum Gasteiger partial charge on any atom is -0.383 e. The predicted molar refractivity (Wildman–Crippen MR) is 95.9 cm³/mol. The molecule has 2 heterocycles. The first-order valence-electron chi connectivity index (χ1n) is 7.36. The molecular weight excluding hydrogens is 360 g/mol. The van der Waals surface area contributed by atoms with Gasteiger partial charge in [0.1, 0.15) is 16.7 Å². The smallest absolute Gasteiger partial charge is 0.273 e. The Hall–Kier alpha value is -2.41. The Labute approximate surface area is 149 Å². The van der Waals surface area contributed by atoms with Gasteiger partial charge in [-0.2, -0.15) is 5.26 Å². The molecule has 0 aliphatic rings. The van der Waals surface area contributed by atoms with E-state index in [4.69, 9.17) is 0 Å². The zero-order chi connectivity index (χ0) is 18.4. The number of rotatable bonds is 4. The average molecular weight is 376 g/mol. The molecule has 0 aliphatic carbocycles. The van der Waals surface area contributed by atoms with Crippen molar-refractivity contribution in [2.45, 2.75) is 30.6 Å². The number of H-pyrrole nitrogens is 1. The van der Waals surface area contributed by atoms with Crippen molar-refractivity contribution < 1.29 is 13.5 Å². The Morgan fingerprint density at radius 1 is 1.40 bits per heavy atom. The highest BCUT2D eigenvalue weighted by Gasteiger charge is 2.25. The van der Waals surface area contributed by atoms with E-state index in [-0.39, 0.29) is 4.21 Å². The third-order valence-corrected chi connectivity index (χ3v) is 6.82. The summed E-state index contributed by atoms with van der Waals surface area (Å²) in [5.74, 6) is 0. The number of anilines is 1. The molecule has 0 saturated heterocycles. The van der Waals surface area contributed by atoms with E-state index >= 15 is 0 Å². The number of nitrogens with zero attached hydrogens (tertiary/aromatic N) is 2. The molecule has 0 amide bonds. The fourth-order valence-corrected chi connectivity index (χ4v) is 4.66. The molecular formula is C16H16N4O3S2. The molecule has 130 valence electrons. The maximum atomic E-state index is 12.6. The number of aliphatic hydroxyl groups is 1. The minimum atomic E-state index is -3.86. The van der Waals surface area contributed by atoms with Crippen molar-refractivity contribution in [1.29, 1.82) is 5.26 Å². The second-order valence-corrected chi connectivity index (χ2v) is 9.08. The fraction of sp³-hybridized carbons (Fsp3) is 0.250. The molecule has 25 heavy (non-hydrogen) atoms. The number of sulfonamides is 1. The van der Waals surface area contributed by atoms with Gasteiger partial charge < -0.3 is 10.1 Å². The van der Waals surface area contributed by atoms with Crippen molar-refractivity contribution in [3.63, 3.8) is 0 Å². The van der Waals surface area contributed by atoms with Crippen molar-refractivity contribution in [3.05, 3.63) is 40.7 Å². The van der Waals surface area contributed by atoms with Gasteiger partial charge in [-0.25, -0.2) is 13.4 Å². The lowest BCUT2D eigenvalue weighted by Gasteiger charge is -2.12. The molecule has 3 N–H and O–H groups in total. The molecule has 3 rings (SSSR count). The van der Waals surface area contributed by atoms with Gasteiger partial charge in [0.15, 0.2) is 4.21 Å². The summed E-state index contributed by atoms with van der Waals surface area (Å²) in [5, 5.41) is 20.1. The van der Waals surface area contributed by atoms with Gasteiger partial charge in [0, 0.05) is 11.6 Å². The molecule has 0 aliphatic heterocycles. The lowest BCUT2D eigenvalue weighted by Crippen LogP contribution is -2.14. The van der Waals surface area contributed by atoms with Gasteiger partial charge in [0.25, 0.3) is 10.0 Å². The molecule has 1 aromatic carbocycles. The maximum Gasteiger partial charge on any atom is 0.273 e. The number of hydrogen-bond donors (Lipinski definition) is 3. The van der Waals surface area contributed by atoms with Gasteiger partial charge in [-0.15, -0.1) is 11.3 Å². The van der Waals surface area contributed by atoms with Crippen molar-refractivity contribution in [2.75, 3.05) is 4.72 Å². The van der Waals surface area contributed by atoms with Gasteiger partial charge >= 0.3 is 0 Å². The molecule has 0 radical (unpaired) electrons. The van der Waals surface area contributed by atoms with E-state index in [1.807, 2.05) is 6.92 Å². The van der Waals surface area contributed by atoms with Crippen LogP contribution < -0.4 is 4.72 Å². The fourth-order valence-electron chi connectivity index (χ4n) is 2.46. The van der Waals surface area contributed by atoms with Crippen molar-refractivity contribution in [3.8, 4) is 6.07 Å². The largest absolute Gasteiger partial charge is 0.383 e. The first-order chi connectivity index (χ1) is 11.6. The maximum absolute atomic E-state index is 12.6. The normalized spacial score (nSPS) is 12.3. The SMILES string of the molecule is Cc1ccc(NS(=O)(=O)c2cnc(C(C)(C)O)s2)c2[nH]cc(C#N)c12. The Kier molecular flexibility index (Phi) is 4.07. The zero-order valence-corrected chi connectivity index (χ0v) is 15.4. The molecule has 0 unspecified atom stereocenters. The summed E-state index contributed by atoms with van der Waals surface area (Å²) in [6.07, 6.45) is 2.77. The Morgan fingerprint density at radius 3 is 2.72 bits per heavy atom. The molecule has 9 heteroatoms. The molecule has 7 nitrogen and oxygen atoms in total. The van der Waals surface area contributed by atoms with Gasteiger partial charge in [0.05, 0.1) is 23.0 Å². The number of aryl methyl sites for hydroxylation is 1. The van der Waals surface area contributed by atoms with Crippen LogP contribution in [0.5, 0.6) is 0 Å². The van der Waals surface area contributed by atoms with Crippen LogP contribution in [0.2, 0.25) is 0 Å². The Bertz CT molecular complexity index is 1100. The van der Waals surface area contributed by atoms with Crippen molar-refractivity contribution in [2.24, 2.45) is 0 Å². The molecule has 0 bridgehead atoms. The molecule has 0 spiro atoms. The van der Waals surface area contributed by atoms with Crippen LogP contribution in [0.3, 0.4) is 0 Å². The molecule has 0 atom stereocenters. The number of nitrogens with one attached hydrogen (secondary N) is 2. The van der Waals surface area contributed by atoms with Crippen LogP contribution in [0.1, 0.15) is 30.0 Å². The first kappa shape index (κ1) is 17.4. The van der Waals surface area contributed by atoms with Crippen LogP contribution in [0.15, 0.2) is 28.7 Å². The summed E-state index contributed by atoms with van der Waals surface area (Å²) in [5.41, 5.74) is 1.01. The highest BCUT2D eigenvalue weighted by Crippen LogP contribution is 2.32. The zero-order valence-electron chi connectivity index (χ0n) is 13.8. The van der Waals surface area contributed by atoms with Gasteiger partial charge in [0.2, 0.25) is 0 Å². The summed E-state index contributed by atoms with van der Waals surface area (Å²) in [4.78, 5) is 6.94. The Balaban J connectivity index is 2.04. The van der Waals surface area contributed by atoms with Crippen LogP contribution in [0.25, 0.3) is 10.9 Å². The van der Waals surface area contributed by atoms with E-state index in [0.29, 0.717) is 27.2 Å².